The molecule has 2 N–H and O–H groups in total. The highest BCUT2D eigenvalue weighted by atomic mass is 15.6. The van der Waals surface area contributed by atoms with E-state index in [9.17, 15) is 0 Å². The summed E-state index contributed by atoms with van der Waals surface area (Å²) in [5.41, 5.74) is 5.30. The third-order valence-corrected chi connectivity index (χ3v) is 1.14. The standard InChI is InChI=1S/C5H15N3/c1-7(2)8(3)5-4-6/h4-6H2,1-3H3. The molecule has 0 amide bonds. The molecule has 8 heavy (non-hydrogen) atoms. The summed E-state index contributed by atoms with van der Waals surface area (Å²) in [5, 5.41) is 4.06. The van der Waals surface area contributed by atoms with E-state index < -0.39 is 0 Å². The summed E-state index contributed by atoms with van der Waals surface area (Å²) in [7, 11) is 6.00. The van der Waals surface area contributed by atoms with Crippen molar-refractivity contribution in [3.8, 4) is 0 Å². The van der Waals surface area contributed by atoms with Crippen molar-refractivity contribution in [1.29, 1.82) is 0 Å². The van der Waals surface area contributed by atoms with Gasteiger partial charge in [0, 0.05) is 34.2 Å². The maximum atomic E-state index is 5.30. The van der Waals surface area contributed by atoms with Crippen molar-refractivity contribution >= 4 is 0 Å². The minimum atomic E-state index is 0.717. The fraction of sp³-hybridized carbons (Fsp3) is 1.00. The van der Waals surface area contributed by atoms with Gasteiger partial charge in [-0.25, -0.2) is 10.0 Å². The van der Waals surface area contributed by atoms with Gasteiger partial charge in [0.25, 0.3) is 0 Å². The van der Waals surface area contributed by atoms with E-state index in [1.54, 1.807) is 0 Å². The molecule has 0 aliphatic rings. The molecule has 0 aromatic heterocycles. The van der Waals surface area contributed by atoms with Crippen molar-refractivity contribution < 1.29 is 0 Å². The third kappa shape index (κ3) is 2.96. The van der Waals surface area contributed by atoms with E-state index in [0.717, 1.165) is 6.54 Å². The zero-order chi connectivity index (χ0) is 6.57. The fourth-order valence-corrected chi connectivity index (χ4v) is 0.387. The molecule has 0 bridgehead atoms. The van der Waals surface area contributed by atoms with Crippen molar-refractivity contribution in [3.63, 3.8) is 0 Å². The number of hydrogen-bond donors (Lipinski definition) is 1. The first-order valence-corrected chi connectivity index (χ1v) is 2.77. The quantitative estimate of drug-likeness (QED) is 0.499. The van der Waals surface area contributed by atoms with Crippen LogP contribution < -0.4 is 5.73 Å². The van der Waals surface area contributed by atoms with Gasteiger partial charge >= 0.3 is 0 Å². The summed E-state index contributed by atoms with van der Waals surface area (Å²) in [6.45, 7) is 1.64. The van der Waals surface area contributed by atoms with Gasteiger partial charge in [-0.05, 0) is 0 Å². The smallest absolute Gasteiger partial charge is 0.0253 e. The molecule has 0 heterocycles. The van der Waals surface area contributed by atoms with Crippen LogP contribution in [0.3, 0.4) is 0 Å². The topological polar surface area (TPSA) is 32.5 Å². The van der Waals surface area contributed by atoms with Crippen LogP contribution in [0.2, 0.25) is 0 Å². The monoisotopic (exact) mass is 117 g/mol. The summed E-state index contributed by atoms with van der Waals surface area (Å²) >= 11 is 0. The van der Waals surface area contributed by atoms with Crippen LogP contribution >= 0.6 is 0 Å². The summed E-state index contributed by atoms with van der Waals surface area (Å²) < 4.78 is 0. The van der Waals surface area contributed by atoms with E-state index in [-0.39, 0.29) is 0 Å². The summed E-state index contributed by atoms with van der Waals surface area (Å²) in [5.74, 6) is 0. The van der Waals surface area contributed by atoms with E-state index >= 15 is 0 Å². The first kappa shape index (κ1) is 7.88. The molecule has 0 fully saturated rings. The molecule has 0 radical (unpaired) electrons. The van der Waals surface area contributed by atoms with E-state index in [1.807, 2.05) is 26.2 Å². The number of rotatable bonds is 3. The molecule has 50 valence electrons. The lowest BCUT2D eigenvalue weighted by molar-refractivity contribution is 0.0601. The molecule has 0 spiro atoms. The minimum absolute atomic E-state index is 0.717. The molecular formula is C5H15N3. The van der Waals surface area contributed by atoms with Gasteiger partial charge in [-0.1, -0.05) is 0 Å². The third-order valence-electron chi connectivity index (χ3n) is 1.14. The van der Waals surface area contributed by atoms with Crippen molar-refractivity contribution in [2.45, 2.75) is 0 Å². The molecule has 0 saturated carbocycles. The Hall–Kier alpha value is -0.120. The maximum Gasteiger partial charge on any atom is 0.0253 e. The Balaban J connectivity index is 3.17. The maximum absolute atomic E-state index is 5.30. The van der Waals surface area contributed by atoms with Gasteiger partial charge in [-0.3, -0.25) is 0 Å². The van der Waals surface area contributed by atoms with Gasteiger partial charge < -0.3 is 5.73 Å². The van der Waals surface area contributed by atoms with Crippen molar-refractivity contribution in [2.75, 3.05) is 34.2 Å². The number of nitrogens with two attached hydrogens (primary N) is 1. The molecule has 0 unspecified atom stereocenters. The van der Waals surface area contributed by atoms with Crippen LogP contribution in [0.15, 0.2) is 0 Å². The molecule has 0 saturated heterocycles. The first-order valence-electron chi connectivity index (χ1n) is 2.77. The largest absolute Gasteiger partial charge is 0.329 e. The lowest BCUT2D eigenvalue weighted by Gasteiger charge is -2.22. The Bertz CT molecular complexity index is 53.6. The second-order valence-corrected chi connectivity index (χ2v) is 2.02. The van der Waals surface area contributed by atoms with Gasteiger partial charge in [-0.15, -0.1) is 0 Å². The highest BCUT2D eigenvalue weighted by Gasteiger charge is 1.94. The lowest BCUT2D eigenvalue weighted by Crippen LogP contribution is -2.36. The molecule has 3 heteroatoms. The summed E-state index contributed by atoms with van der Waals surface area (Å²) in [6, 6.07) is 0. The molecule has 3 nitrogen and oxygen atoms in total. The Morgan fingerprint density at radius 2 is 1.75 bits per heavy atom. The molecule has 0 aliphatic heterocycles. The SMILES string of the molecule is CN(C)N(C)CCN. The lowest BCUT2D eigenvalue weighted by atomic mass is 10.6. The molecule has 0 rings (SSSR count). The molecule has 0 aromatic rings. The van der Waals surface area contributed by atoms with Gasteiger partial charge in [0.15, 0.2) is 0 Å². The minimum Gasteiger partial charge on any atom is -0.329 e. The average molecular weight is 117 g/mol. The fourth-order valence-electron chi connectivity index (χ4n) is 0.387. The van der Waals surface area contributed by atoms with Crippen LogP contribution in [0.4, 0.5) is 0 Å². The Morgan fingerprint density at radius 3 is 1.88 bits per heavy atom. The van der Waals surface area contributed by atoms with Crippen LogP contribution in [-0.2, 0) is 0 Å². The highest BCUT2D eigenvalue weighted by molar-refractivity contribution is 4.41. The van der Waals surface area contributed by atoms with Gasteiger partial charge in [0.1, 0.15) is 0 Å². The Labute approximate surface area is 51.0 Å². The second kappa shape index (κ2) is 3.83. The predicted octanol–water partition coefficient (Wildman–Crippen LogP) is -0.646. The Kier molecular flexibility index (Phi) is 3.77. The number of hydrogen-bond acceptors (Lipinski definition) is 3. The van der Waals surface area contributed by atoms with E-state index in [2.05, 4.69) is 5.01 Å². The van der Waals surface area contributed by atoms with Gasteiger partial charge in [-0.2, -0.15) is 0 Å². The summed E-state index contributed by atoms with van der Waals surface area (Å²) in [4.78, 5) is 0. The molecule has 0 aromatic carbocycles. The number of likely N-dealkylation sites (N-methyl/N-ethyl adjacent to an activating group) is 1. The van der Waals surface area contributed by atoms with Crippen LogP contribution in [0.5, 0.6) is 0 Å². The van der Waals surface area contributed by atoms with E-state index in [4.69, 9.17) is 5.73 Å². The van der Waals surface area contributed by atoms with E-state index in [0.29, 0.717) is 6.54 Å². The van der Waals surface area contributed by atoms with E-state index in [1.165, 1.54) is 0 Å². The zero-order valence-corrected chi connectivity index (χ0v) is 5.89. The molecule has 0 atom stereocenters. The Morgan fingerprint density at radius 1 is 1.25 bits per heavy atom. The molecular weight excluding hydrogens is 102 g/mol. The number of hydrazine groups is 1. The van der Waals surface area contributed by atoms with Gasteiger partial charge in [0.2, 0.25) is 0 Å². The second-order valence-electron chi connectivity index (χ2n) is 2.02. The average Bonchev–Trinajstić information content (AvgIpc) is 1.67. The van der Waals surface area contributed by atoms with Crippen molar-refractivity contribution in [1.82, 2.24) is 10.0 Å². The first-order chi connectivity index (χ1) is 3.68. The van der Waals surface area contributed by atoms with Crippen molar-refractivity contribution in [2.24, 2.45) is 5.73 Å². The van der Waals surface area contributed by atoms with Crippen LogP contribution in [-0.4, -0.2) is 44.3 Å². The van der Waals surface area contributed by atoms with Gasteiger partial charge in [0.05, 0.1) is 0 Å². The zero-order valence-electron chi connectivity index (χ0n) is 5.89. The predicted molar refractivity (Wildman–Crippen MR) is 35.4 cm³/mol. The van der Waals surface area contributed by atoms with Crippen molar-refractivity contribution in [3.05, 3.63) is 0 Å². The number of nitrogens with zero attached hydrogens (tertiary/aromatic N) is 2. The normalized spacial score (nSPS) is 11.2. The van der Waals surface area contributed by atoms with Crippen LogP contribution in [0.1, 0.15) is 0 Å². The highest BCUT2D eigenvalue weighted by Crippen LogP contribution is 1.80. The van der Waals surface area contributed by atoms with Crippen LogP contribution in [0.25, 0.3) is 0 Å². The van der Waals surface area contributed by atoms with Crippen LogP contribution in [0, 0.1) is 0 Å². The summed E-state index contributed by atoms with van der Waals surface area (Å²) in [6.07, 6.45) is 0. The molecule has 0 aliphatic carbocycles.